The number of amides is 1. The average molecular weight is 316 g/mol. The number of benzene rings is 1. The zero-order valence-corrected chi connectivity index (χ0v) is 12.6. The summed E-state index contributed by atoms with van der Waals surface area (Å²) >= 11 is 3.35. The molecule has 0 saturated heterocycles. The third kappa shape index (κ3) is 5.51. The van der Waals surface area contributed by atoms with Crippen LogP contribution in [-0.2, 0) is 9.53 Å². The number of rotatable bonds is 4. The van der Waals surface area contributed by atoms with E-state index >= 15 is 0 Å². The van der Waals surface area contributed by atoms with Crippen molar-refractivity contribution < 1.29 is 14.3 Å². The van der Waals surface area contributed by atoms with Gasteiger partial charge in [-0.15, -0.1) is 0 Å². The summed E-state index contributed by atoms with van der Waals surface area (Å²) in [6.07, 6.45) is 0. The molecule has 0 aliphatic heterocycles. The molecule has 100 valence electrons. The molecule has 0 atom stereocenters. The largest absolute Gasteiger partial charge is 0.497 e. The Hall–Kier alpha value is -1.07. The Bertz CT molecular complexity index is 427. The van der Waals surface area contributed by atoms with Gasteiger partial charge in [0.25, 0.3) is 0 Å². The molecule has 0 aliphatic carbocycles. The standard InChI is InChI=1S/C13H18BrNO3/c1-13(2,3)18-8-12(16)15-10-5-9(14)6-11(7-10)17-4/h5-7H,8H2,1-4H3,(H,15,16). The van der Waals surface area contributed by atoms with Crippen molar-refractivity contribution in [2.24, 2.45) is 0 Å². The van der Waals surface area contributed by atoms with Crippen LogP contribution < -0.4 is 10.1 Å². The lowest BCUT2D eigenvalue weighted by molar-refractivity contribution is -0.125. The number of hydrogen-bond acceptors (Lipinski definition) is 3. The second-order valence-electron chi connectivity index (χ2n) is 4.83. The number of anilines is 1. The van der Waals surface area contributed by atoms with E-state index in [1.165, 1.54) is 0 Å². The first-order chi connectivity index (χ1) is 8.30. The van der Waals surface area contributed by atoms with Crippen molar-refractivity contribution in [3.05, 3.63) is 22.7 Å². The SMILES string of the molecule is COc1cc(Br)cc(NC(=O)COC(C)(C)C)c1. The van der Waals surface area contributed by atoms with Crippen molar-refractivity contribution in [3.63, 3.8) is 0 Å². The third-order valence-corrected chi connectivity index (χ3v) is 2.48. The summed E-state index contributed by atoms with van der Waals surface area (Å²) in [5, 5.41) is 2.76. The van der Waals surface area contributed by atoms with Crippen molar-refractivity contribution in [3.8, 4) is 5.75 Å². The Morgan fingerprint density at radius 1 is 1.33 bits per heavy atom. The van der Waals surface area contributed by atoms with E-state index in [9.17, 15) is 4.79 Å². The first-order valence-corrected chi connectivity index (χ1v) is 6.38. The lowest BCUT2D eigenvalue weighted by Crippen LogP contribution is -2.27. The minimum Gasteiger partial charge on any atom is -0.497 e. The van der Waals surface area contributed by atoms with Crippen LogP contribution in [0.25, 0.3) is 0 Å². The Kier molecular flexibility index (Phi) is 5.16. The lowest BCUT2D eigenvalue weighted by Gasteiger charge is -2.19. The maximum atomic E-state index is 11.7. The fourth-order valence-electron chi connectivity index (χ4n) is 1.23. The second-order valence-corrected chi connectivity index (χ2v) is 5.74. The number of methoxy groups -OCH3 is 1. The maximum absolute atomic E-state index is 11.7. The highest BCUT2D eigenvalue weighted by atomic mass is 79.9. The first-order valence-electron chi connectivity index (χ1n) is 5.58. The molecule has 1 rings (SSSR count). The number of nitrogens with one attached hydrogen (secondary N) is 1. The summed E-state index contributed by atoms with van der Waals surface area (Å²) in [7, 11) is 1.58. The van der Waals surface area contributed by atoms with Gasteiger partial charge < -0.3 is 14.8 Å². The van der Waals surface area contributed by atoms with Crippen LogP contribution in [0.3, 0.4) is 0 Å². The third-order valence-electron chi connectivity index (χ3n) is 2.03. The lowest BCUT2D eigenvalue weighted by atomic mass is 10.2. The molecule has 0 spiro atoms. The van der Waals surface area contributed by atoms with Crippen LogP contribution in [0.15, 0.2) is 22.7 Å². The molecule has 1 amide bonds. The van der Waals surface area contributed by atoms with Crippen LogP contribution in [0.2, 0.25) is 0 Å². The van der Waals surface area contributed by atoms with Crippen molar-refractivity contribution in [1.82, 2.24) is 0 Å². The van der Waals surface area contributed by atoms with Gasteiger partial charge in [0.05, 0.1) is 12.7 Å². The smallest absolute Gasteiger partial charge is 0.250 e. The fraction of sp³-hybridized carbons (Fsp3) is 0.462. The van der Waals surface area contributed by atoms with Gasteiger partial charge in [0, 0.05) is 16.2 Å². The van der Waals surface area contributed by atoms with Crippen LogP contribution in [0.1, 0.15) is 20.8 Å². The van der Waals surface area contributed by atoms with Crippen LogP contribution >= 0.6 is 15.9 Å². The van der Waals surface area contributed by atoms with E-state index in [2.05, 4.69) is 21.2 Å². The van der Waals surface area contributed by atoms with Gasteiger partial charge >= 0.3 is 0 Å². The minimum atomic E-state index is -0.327. The normalized spacial score (nSPS) is 11.2. The number of ether oxygens (including phenoxy) is 2. The van der Waals surface area contributed by atoms with Crippen LogP contribution in [0.4, 0.5) is 5.69 Å². The second kappa shape index (κ2) is 6.20. The molecule has 0 aliphatic rings. The van der Waals surface area contributed by atoms with Gasteiger partial charge in [0.15, 0.2) is 0 Å². The molecule has 0 aromatic heterocycles. The van der Waals surface area contributed by atoms with Crippen LogP contribution in [-0.4, -0.2) is 25.2 Å². The van der Waals surface area contributed by atoms with E-state index < -0.39 is 0 Å². The molecule has 1 aromatic carbocycles. The van der Waals surface area contributed by atoms with E-state index in [1.807, 2.05) is 26.8 Å². The summed E-state index contributed by atoms with van der Waals surface area (Å²) in [4.78, 5) is 11.7. The molecule has 1 N–H and O–H groups in total. The summed E-state index contributed by atoms with van der Waals surface area (Å²) in [6, 6.07) is 5.37. The minimum absolute atomic E-state index is 0.0261. The van der Waals surface area contributed by atoms with E-state index in [1.54, 1.807) is 19.2 Å². The molecule has 0 saturated carbocycles. The van der Waals surface area contributed by atoms with E-state index in [-0.39, 0.29) is 18.1 Å². The summed E-state index contributed by atoms with van der Waals surface area (Å²) in [6.45, 7) is 5.74. The van der Waals surface area contributed by atoms with Gasteiger partial charge in [-0.2, -0.15) is 0 Å². The molecule has 5 heteroatoms. The zero-order chi connectivity index (χ0) is 13.8. The molecular weight excluding hydrogens is 298 g/mol. The molecule has 18 heavy (non-hydrogen) atoms. The van der Waals surface area contributed by atoms with Gasteiger partial charge in [0.1, 0.15) is 12.4 Å². The van der Waals surface area contributed by atoms with Gasteiger partial charge in [-0.05, 0) is 32.9 Å². The molecule has 0 bridgehead atoms. The highest BCUT2D eigenvalue weighted by molar-refractivity contribution is 9.10. The summed E-state index contributed by atoms with van der Waals surface area (Å²) in [5.74, 6) is 0.487. The van der Waals surface area contributed by atoms with E-state index in [0.29, 0.717) is 11.4 Å². The Balaban J connectivity index is 2.61. The first kappa shape index (κ1) is 15.0. The Morgan fingerprint density at radius 2 is 2.00 bits per heavy atom. The van der Waals surface area contributed by atoms with Gasteiger partial charge in [-0.25, -0.2) is 0 Å². The molecule has 4 nitrogen and oxygen atoms in total. The highest BCUT2D eigenvalue weighted by Gasteiger charge is 2.13. The van der Waals surface area contributed by atoms with E-state index in [4.69, 9.17) is 9.47 Å². The van der Waals surface area contributed by atoms with Crippen molar-refractivity contribution >= 4 is 27.5 Å². The predicted octanol–water partition coefficient (Wildman–Crippen LogP) is 3.21. The van der Waals surface area contributed by atoms with Crippen LogP contribution in [0, 0.1) is 0 Å². The van der Waals surface area contributed by atoms with Gasteiger partial charge in [-0.1, -0.05) is 15.9 Å². The number of carbonyl (C=O) groups is 1. The van der Waals surface area contributed by atoms with Crippen molar-refractivity contribution in [1.29, 1.82) is 0 Å². The highest BCUT2D eigenvalue weighted by Crippen LogP contribution is 2.24. The van der Waals surface area contributed by atoms with Crippen molar-refractivity contribution in [2.75, 3.05) is 19.0 Å². The molecule has 1 aromatic rings. The zero-order valence-electron chi connectivity index (χ0n) is 11.0. The number of carbonyl (C=O) groups excluding carboxylic acids is 1. The average Bonchev–Trinajstić information content (AvgIpc) is 2.24. The van der Waals surface area contributed by atoms with Crippen LogP contribution in [0.5, 0.6) is 5.75 Å². The quantitative estimate of drug-likeness (QED) is 0.928. The monoisotopic (exact) mass is 315 g/mol. The molecule has 0 radical (unpaired) electrons. The number of halogens is 1. The molecular formula is C13H18BrNO3. The van der Waals surface area contributed by atoms with Gasteiger partial charge in [0.2, 0.25) is 5.91 Å². The topological polar surface area (TPSA) is 47.6 Å². The fourth-order valence-corrected chi connectivity index (χ4v) is 1.70. The van der Waals surface area contributed by atoms with Crippen molar-refractivity contribution in [2.45, 2.75) is 26.4 Å². The maximum Gasteiger partial charge on any atom is 0.250 e. The predicted molar refractivity (Wildman–Crippen MR) is 75.0 cm³/mol. The summed E-state index contributed by atoms with van der Waals surface area (Å²) in [5.41, 5.74) is 0.343. The molecule has 0 heterocycles. The Labute approximate surface area is 116 Å². The van der Waals surface area contributed by atoms with Gasteiger partial charge in [-0.3, -0.25) is 4.79 Å². The summed E-state index contributed by atoms with van der Waals surface area (Å²) < 4.78 is 11.4. The number of hydrogen-bond donors (Lipinski definition) is 1. The van der Waals surface area contributed by atoms with E-state index in [0.717, 1.165) is 4.47 Å². The molecule has 0 unspecified atom stereocenters. The molecule has 0 fully saturated rings. The Morgan fingerprint density at radius 3 is 2.56 bits per heavy atom.